The fourth-order valence-corrected chi connectivity index (χ4v) is 1.44. The van der Waals surface area contributed by atoms with Gasteiger partial charge in [-0.25, -0.2) is 4.39 Å². The van der Waals surface area contributed by atoms with Gasteiger partial charge in [0.2, 0.25) is 0 Å². The van der Waals surface area contributed by atoms with Crippen molar-refractivity contribution in [2.45, 2.75) is 32.7 Å². The molecule has 0 aliphatic carbocycles. The normalized spacial score (nSPS) is 12.3. The Morgan fingerprint density at radius 3 is 2.33 bits per heavy atom. The van der Waals surface area contributed by atoms with E-state index in [1.807, 2.05) is 6.07 Å². The van der Waals surface area contributed by atoms with Gasteiger partial charge in [-0.05, 0) is 24.8 Å². The van der Waals surface area contributed by atoms with Crippen molar-refractivity contribution in [2.24, 2.45) is 11.7 Å². The summed E-state index contributed by atoms with van der Waals surface area (Å²) in [4.78, 5) is 0. The van der Waals surface area contributed by atoms with E-state index in [1.165, 1.54) is 6.07 Å². The van der Waals surface area contributed by atoms with Gasteiger partial charge in [0, 0.05) is 11.6 Å². The Balaban J connectivity index is 0.00000196. The highest BCUT2D eigenvalue weighted by Gasteiger charge is 2.10. The molecule has 0 saturated heterocycles. The van der Waals surface area contributed by atoms with Crippen LogP contribution >= 0.6 is 12.4 Å². The van der Waals surface area contributed by atoms with E-state index >= 15 is 0 Å². The van der Waals surface area contributed by atoms with Crippen LogP contribution in [0.15, 0.2) is 24.3 Å². The second-order valence-electron chi connectivity index (χ2n) is 4.10. The Kier molecular flexibility index (Phi) is 6.53. The molecule has 1 atom stereocenters. The average Bonchev–Trinajstić information content (AvgIpc) is 2.15. The van der Waals surface area contributed by atoms with Gasteiger partial charge < -0.3 is 5.73 Å². The summed E-state index contributed by atoms with van der Waals surface area (Å²) in [6, 6.07) is 6.57. The molecule has 1 aromatic rings. The van der Waals surface area contributed by atoms with Gasteiger partial charge in [-0.2, -0.15) is 0 Å². The van der Waals surface area contributed by atoms with Gasteiger partial charge in [-0.1, -0.05) is 32.0 Å². The van der Waals surface area contributed by atoms with Crippen LogP contribution in [-0.2, 0) is 0 Å². The van der Waals surface area contributed by atoms with Crippen molar-refractivity contribution in [3.63, 3.8) is 0 Å². The van der Waals surface area contributed by atoms with Crippen molar-refractivity contribution in [1.82, 2.24) is 0 Å². The third-order valence-corrected chi connectivity index (χ3v) is 2.36. The van der Waals surface area contributed by atoms with Crippen LogP contribution in [0.4, 0.5) is 4.39 Å². The number of nitrogens with two attached hydrogens (primary N) is 1. The van der Waals surface area contributed by atoms with Crippen LogP contribution < -0.4 is 5.73 Å². The van der Waals surface area contributed by atoms with Crippen molar-refractivity contribution in [3.8, 4) is 0 Å². The lowest BCUT2D eigenvalue weighted by atomic mass is 9.98. The monoisotopic (exact) mass is 231 g/mol. The van der Waals surface area contributed by atoms with E-state index in [1.54, 1.807) is 12.1 Å². The molecule has 1 rings (SSSR count). The van der Waals surface area contributed by atoms with Gasteiger partial charge in [0.25, 0.3) is 0 Å². The van der Waals surface area contributed by atoms with Crippen LogP contribution in [0, 0.1) is 11.7 Å². The molecule has 0 spiro atoms. The number of hydrogen-bond donors (Lipinski definition) is 1. The summed E-state index contributed by atoms with van der Waals surface area (Å²) in [6.07, 6.45) is 1.88. The van der Waals surface area contributed by atoms with Crippen LogP contribution in [-0.4, -0.2) is 0 Å². The fourth-order valence-electron chi connectivity index (χ4n) is 1.44. The van der Waals surface area contributed by atoms with Crippen molar-refractivity contribution in [3.05, 3.63) is 35.6 Å². The summed E-state index contributed by atoms with van der Waals surface area (Å²) in [5.41, 5.74) is 6.54. The molecule has 0 radical (unpaired) electrons. The van der Waals surface area contributed by atoms with E-state index < -0.39 is 0 Å². The molecular formula is C12H19ClFN. The third-order valence-electron chi connectivity index (χ3n) is 2.36. The van der Waals surface area contributed by atoms with E-state index in [4.69, 9.17) is 5.73 Å². The predicted octanol–water partition coefficient (Wildman–Crippen LogP) is 3.68. The molecule has 0 unspecified atom stereocenters. The zero-order valence-corrected chi connectivity index (χ0v) is 10.1. The zero-order valence-electron chi connectivity index (χ0n) is 9.24. The molecule has 0 amide bonds. The second kappa shape index (κ2) is 6.81. The van der Waals surface area contributed by atoms with Crippen LogP contribution in [0.2, 0.25) is 0 Å². The maximum Gasteiger partial charge on any atom is 0.127 e. The predicted molar refractivity (Wildman–Crippen MR) is 64.6 cm³/mol. The van der Waals surface area contributed by atoms with Crippen LogP contribution in [0.3, 0.4) is 0 Å². The van der Waals surface area contributed by atoms with Gasteiger partial charge in [-0.3, -0.25) is 0 Å². The molecule has 0 bridgehead atoms. The summed E-state index contributed by atoms with van der Waals surface area (Å²) in [6.45, 7) is 4.29. The molecule has 1 aromatic carbocycles. The number of hydrogen-bond acceptors (Lipinski definition) is 1. The molecule has 0 aromatic heterocycles. The van der Waals surface area contributed by atoms with Crippen molar-refractivity contribution in [1.29, 1.82) is 0 Å². The van der Waals surface area contributed by atoms with Crippen molar-refractivity contribution in [2.75, 3.05) is 0 Å². The lowest BCUT2D eigenvalue weighted by Gasteiger charge is -2.13. The molecule has 0 heterocycles. The quantitative estimate of drug-likeness (QED) is 0.841. The largest absolute Gasteiger partial charge is 0.324 e. The van der Waals surface area contributed by atoms with E-state index in [0.717, 1.165) is 12.8 Å². The van der Waals surface area contributed by atoms with Crippen LogP contribution in [0.1, 0.15) is 38.3 Å². The van der Waals surface area contributed by atoms with Crippen molar-refractivity contribution >= 4 is 12.4 Å². The van der Waals surface area contributed by atoms with E-state index in [-0.39, 0.29) is 24.3 Å². The second-order valence-corrected chi connectivity index (χ2v) is 4.10. The Labute approximate surface area is 97.3 Å². The Morgan fingerprint density at radius 1 is 1.20 bits per heavy atom. The highest BCUT2D eigenvalue weighted by atomic mass is 35.5. The van der Waals surface area contributed by atoms with Crippen LogP contribution in [0.25, 0.3) is 0 Å². The Hall–Kier alpha value is -0.600. The molecule has 0 aliphatic heterocycles. The Morgan fingerprint density at radius 2 is 1.80 bits per heavy atom. The lowest BCUT2D eigenvalue weighted by molar-refractivity contribution is 0.491. The van der Waals surface area contributed by atoms with E-state index in [9.17, 15) is 4.39 Å². The minimum Gasteiger partial charge on any atom is -0.324 e. The number of halogens is 2. The van der Waals surface area contributed by atoms with Gasteiger partial charge in [0.1, 0.15) is 5.82 Å². The fraction of sp³-hybridized carbons (Fsp3) is 0.500. The summed E-state index contributed by atoms with van der Waals surface area (Å²) in [7, 11) is 0. The molecular weight excluding hydrogens is 213 g/mol. The first-order valence-corrected chi connectivity index (χ1v) is 5.11. The van der Waals surface area contributed by atoms with Crippen LogP contribution in [0.5, 0.6) is 0 Å². The first-order chi connectivity index (χ1) is 6.61. The topological polar surface area (TPSA) is 26.0 Å². The summed E-state index contributed by atoms with van der Waals surface area (Å²) < 4.78 is 13.3. The minimum atomic E-state index is -0.191. The molecule has 15 heavy (non-hydrogen) atoms. The number of benzene rings is 1. The van der Waals surface area contributed by atoms with E-state index in [2.05, 4.69) is 13.8 Å². The molecule has 0 saturated carbocycles. The smallest absolute Gasteiger partial charge is 0.127 e. The Bertz CT molecular complexity index is 289. The molecule has 86 valence electrons. The third kappa shape index (κ3) is 4.63. The molecule has 3 heteroatoms. The maximum absolute atomic E-state index is 13.3. The zero-order chi connectivity index (χ0) is 10.6. The molecule has 1 nitrogen and oxygen atoms in total. The van der Waals surface area contributed by atoms with Gasteiger partial charge in [0.15, 0.2) is 0 Å². The highest BCUT2D eigenvalue weighted by Crippen LogP contribution is 2.20. The molecule has 0 fully saturated rings. The van der Waals surface area contributed by atoms with Gasteiger partial charge in [0.05, 0.1) is 0 Å². The summed E-state index contributed by atoms with van der Waals surface area (Å²) in [5, 5.41) is 0. The minimum absolute atomic E-state index is 0. The summed E-state index contributed by atoms with van der Waals surface area (Å²) >= 11 is 0. The van der Waals surface area contributed by atoms with Gasteiger partial charge >= 0.3 is 0 Å². The standard InChI is InChI=1S/C12H18FN.ClH/c1-9(2)7-8-12(14)10-5-3-4-6-11(10)13;/h3-6,9,12H,7-8,14H2,1-2H3;1H/t12-;/m0./s1. The SMILES string of the molecule is CC(C)CC[C@H](N)c1ccccc1F.Cl. The number of rotatable bonds is 4. The van der Waals surface area contributed by atoms with Crippen molar-refractivity contribution < 1.29 is 4.39 Å². The van der Waals surface area contributed by atoms with E-state index in [0.29, 0.717) is 11.5 Å². The molecule has 2 N–H and O–H groups in total. The average molecular weight is 232 g/mol. The molecule has 0 aliphatic rings. The highest BCUT2D eigenvalue weighted by molar-refractivity contribution is 5.85. The van der Waals surface area contributed by atoms with Gasteiger partial charge in [-0.15, -0.1) is 12.4 Å². The maximum atomic E-state index is 13.3. The first kappa shape index (κ1) is 14.4. The summed E-state index contributed by atoms with van der Waals surface area (Å²) in [5.74, 6) is 0.427. The first-order valence-electron chi connectivity index (χ1n) is 5.11. The lowest BCUT2D eigenvalue weighted by Crippen LogP contribution is -2.12.